The van der Waals surface area contributed by atoms with E-state index in [9.17, 15) is 0 Å². The average molecular weight is 549 g/mol. The SMILES string of the molecule is C[Si](C)(C)[Ge]([Si](Cl)(Cl)Cl)([Si](Cl)(Cl)Cl)[Si](Cl)(Cl)Cl. The van der Waals surface area contributed by atoms with Crippen molar-refractivity contribution in [3.8, 4) is 0 Å². The maximum absolute atomic E-state index is 6.26. The van der Waals surface area contributed by atoms with Crippen LogP contribution in [0.5, 0.6) is 0 Å². The molecule has 0 aromatic rings. The van der Waals surface area contributed by atoms with E-state index in [0.29, 0.717) is 0 Å². The van der Waals surface area contributed by atoms with E-state index in [0.717, 1.165) is 0 Å². The van der Waals surface area contributed by atoms with Crippen molar-refractivity contribution in [3.05, 3.63) is 0 Å². The summed E-state index contributed by atoms with van der Waals surface area (Å²) in [6.45, 7) is 3.78. The number of rotatable bonds is 4. The van der Waals surface area contributed by atoms with Gasteiger partial charge in [-0.3, -0.25) is 0 Å². The fourth-order valence-corrected chi connectivity index (χ4v) is 382. The van der Waals surface area contributed by atoms with Crippen LogP contribution in [0.15, 0.2) is 0 Å². The van der Waals surface area contributed by atoms with Crippen LogP contribution in [0.1, 0.15) is 0 Å². The van der Waals surface area contributed by atoms with Gasteiger partial charge in [0, 0.05) is 0 Å². The molecule has 0 aromatic carbocycles. The van der Waals surface area contributed by atoms with Gasteiger partial charge in [0.25, 0.3) is 0 Å². The normalized spacial score (nSPS) is 16.2. The Labute approximate surface area is 148 Å². The second-order valence-electron chi connectivity index (χ2n) is 4.49. The summed E-state index contributed by atoms with van der Waals surface area (Å²) in [7, 11) is -3.81. The quantitative estimate of drug-likeness (QED) is 0.296. The van der Waals surface area contributed by atoms with Gasteiger partial charge in [0.05, 0.1) is 0 Å². The molecule has 0 aliphatic heterocycles. The molecule has 0 spiro atoms. The Morgan fingerprint density at radius 2 is 0.706 bits per heavy atom. The van der Waals surface area contributed by atoms with Gasteiger partial charge in [0.2, 0.25) is 0 Å². The summed E-state index contributed by atoms with van der Waals surface area (Å²) in [5.41, 5.74) is 0. The van der Waals surface area contributed by atoms with Crippen molar-refractivity contribution in [1.82, 2.24) is 0 Å². The van der Waals surface area contributed by atoms with Crippen LogP contribution < -0.4 is 0 Å². The zero-order valence-electron chi connectivity index (χ0n) is 8.90. The second kappa shape index (κ2) is 6.26. The van der Waals surface area contributed by atoms with Gasteiger partial charge in [-0.2, -0.15) is 0 Å². The number of hydrogen-bond acceptors (Lipinski definition) is 0. The summed E-state index contributed by atoms with van der Waals surface area (Å²) >= 11 is 56.3. The molecule has 0 heterocycles. The van der Waals surface area contributed by atoms with Crippen LogP contribution in [0.25, 0.3) is 0 Å². The van der Waals surface area contributed by atoms with E-state index in [1.165, 1.54) is 0 Å². The van der Waals surface area contributed by atoms with Crippen LogP contribution >= 0.6 is 99.7 Å². The first-order chi connectivity index (χ1) is 7.00. The molecule has 0 aliphatic rings. The number of hydrogen-bond donors (Lipinski definition) is 0. The molecule has 104 valence electrons. The topological polar surface area (TPSA) is 0 Å². The van der Waals surface area contributed by atoms with Crippen molar-refractivity contribution in [2.75, 3.05) is 0 Å². The van der Waals surface area contributed by atoms with Crippen LogP contribution in [0, 0.1) is 0 Å². The molecule has 0 saturated heterocycles. The van der Waals surface area contributed by atoms with Gasteiger partial charge in [0.1, 0.15) is 0 Å². The van der Waals surface area contributed by atoms with E-state index in [1.54, 1.807) is 0 Å². The molecule has 0 nitrogen and oxygen atoms in total. The summed E-state index contributed by atoms with van der Waals surface area (Å²) in [6, 6.07) is 0. The number of halogens is 9. The third-order valence-corrected chi connectivity index (χ3v) is 232. The van der Waals surface area contributed by atoms with Crippen molar-refractivity contribution in [2.45, 2.75) is 19.6 Å². The molecule has 0 fully saturated rings. The zero-order valence-corrected chi connectivity index (χ0v) is 21.8. The van der Waals surface area contributed by atoms with Gasteiger partial charge < -0.3 is 0 Å². The Morgan fingerprint density at radius 3 is 0.706 bits per heavy atom. The summed E-state index contributed by atoms with van der Waals surface area (Å²) in [5, 5.41) is 0. The molecule has 0 radical (unpaired) electrons. The monoisotopic (exact) mass is 546 g/mol. The van der Waals surface area contributed by atoms with Gasteiger partial charge in [-0.15, -0.1) is 0 Å². The van der Waals surface area contributed by atoms with E-state index in [4.69, 9.17) is 99.7 Å². The van der Waals surface area contributed by atoms with Gasteiger partial charge >= 0.3 is 150 Å². The van der Waals surface area contributed by atoms with E-state index >= 15 is 0 Å². The van der Waals surface area contributed by atoms with Crippen LogP contribution in [0.3, 0.4) is 0 Å². The van der Waals surface area contributed by atoms with E-state index in [1.807, 2.05) is 19.6 Å². The fourth-order valence-electron chi connectivity index (χ4n) is 1.76. The van der Waals surface area contributed by atoms with Gasteiger partial charge in [-0.1, -0.05) is 0 Å². The average Bonchev–Trinajstić information content (AvgIpc) is 1.67. The molecule has 0 rings (SSSR count). The van der Waals surface area contributed by atoms with E-state index < -0.39 is 30.8 Å². The maximum atomic E-state index is 6.26. The standard InChI is InChI=1S/C3H9Cl9GeSi4/c1-14(2,3)13(15(4,5)6,16(7,8)9)17(10,11)12/h1-3H3. The van der Waals surface area contributed by atoms with Gasteiger partial charge in [-0.05, 0) is 0 Å². The first-order valence-corrected chi connectivity index (χ1v) is 35.4. The zero-order chi connectivity index (χ0) is 14.5. The fraction of sp³-hybridized carbons (Fsp3) is 1.00. The van der Waals surface area contributed by atoms with Crippen molar-refractivity contribution in [2.24, 2.45) is 0 Å². The van der Waals surface area contributed by atoms with Crippen LogP contribution in [-0.4, -0.2) is 30.8 Å². The molecule has 17 heavy (non-hydrogen) atoms. The molecule has 0 saturated carbocycles. The Bertz CT molecular complexity index is 221. The molecule has 0 aliphatic carbocycles. The van der Waals surface area contributed by atoms with Gasteiger partial charge in [-0.25, -0.2) is 0 Å². The Balaban J connectivity index is 6.37. The predicted molar refractivity (Wildman–Crippen MR) is 99.0 cm³/mol. The first kappa shape index (κ1) is 21.0. The molecule has 0 amide bonds. The van der Waals surface area contributed by atoms with E-state index in [-0.39, 0.29) is 0 Å². The Hall–Kier alpha value is 4.02. The van der Waals surface area contributed by atoms with Crippen LogP contribution in [0.4, 0.5) is 0 Å². The van der Waals surface area contributed by atoms with Gasteiger partial charge in [0.15, 0.2) is 0 Å². The van der Waals surface area contributed by atoms with Crippen molar-refractivity contribution in [3.63, 3.8) is 0 Å². The molecule has 0 bridgehead atoms. The van der Waals surface area contributed by atoms with E-state index in [2.05, 4.69) is 0 Å². The van der Waals surface area contributed by atoms with Crippen LogP contribution in [0.2, 0.25) is 19.6 Å². The van der Waals surface area contributed by atoms with Crippen molar-refractivity contribution >= 4 is 131 Å². The van der Waals surface area contributed by atoms with Crippen molar-refractivity contribution in [1.29, 1.82) is 0 Å². The molecule has 14 heteroatoms. The minimum atomic E-state index is -3.81. The third-order valence-electron chi connectivity index (χ3n) is 2.40. The Morgan fingerprint density at radius 1 is 0.529 bits per heavy atom. The Kier molecular flexibility index (Phi) is 7.74. The molecule has 0 N–H and O–H groups in total. The molecular weight excluding hydrogens is 540 g/mol. The first-order valence-electron chi connectivity index (χ1n) is 4.20. The minimum absolute atomic E-state index is 1.98. The summed E-state index contributed by atoms with van der Waals surface area (Å²) in [6.07, 6.45) is 0. The summed E-state index contributed by atoms with van der Waals surface area (Å²) < 4.78 is -10.0. The third kappa shape index (κ3) is 4.06. The van der Waals surface area contributed by atoms with Crippen LogP contribution in [-0.2, 0) is 0 Å². The molecule has 0 aromatic heterocycles. The molecule has 0 unspecified atom stereocenters. The summed E-state index contributed by atoms with van der Waals surface area (Å²) in [4.78, 5) is 0. The summed E-state index contributed by atoms with van der Waals surface area (Å²) in [5.74, 6) is 0. The predicted octanol–water partition coefficient (Wildman–Crippen LogP) is 6.05. The molecular formula is C3H9Cl9GeSi4. The molecule has 0 atom stereocenters. The second-order valence-corrected chi connectivity index (χ2v) is 108. The van der Waals surface area contributed by atoms with Crippen molar-refractivity contribution < 1.29 is 0 Å².